The van der Waals surface area contributed by atoms with Gasteiger partial charge in [0.2, 0.25) is 11.5 Å². The molecule has 0 radical (unpaired) electrons. The van der Waals surface area contributed by atoms with Gasteiger partial charge in [-0.05, 0) is 23.2 Å². The summed E-state index contributed by atoms with van der Waals surface area (Å²) in [4.78, 5) is 11.5. The van der Waals surface area contributed by atoms with Crippen LogP contribution in [-0.4, -0.2) is 32.1 Å². The lowest BCUT2D eigenvalue weighted by Crippen LogP contribution is -2.28. The molecule has 0 aliphatic carbocycles. The highest BCUT2D eigenvalue weighted by Gasteiger charge is 2.34. The molecule has 1 aromatic heterocycles. The number of fused-ring (bicyclic) bond motifs is 2. The summed E-state index contributed by atoms with van der Waals surface area (Å²) >= 11 is 0. The molecule has 2 heterocycles. The number of aliphatic hydroxyl groups is 2. The van der Waals surface area contributed by atoms with Crippen LogP contribution in [0.5, 0.6) is 0 Å². The Morgan fingerprint density at radius 1 is 0.955 bits per heavy atom. The second-order valence-corrected chi connectivity index (χ2v) is 5.10. The molecule has 2 atom stereocenters. The van der Waals surface area contributed by atoms with E-state index in [1.54, 1.807) is 0 Å². The molecule has 2 aromatic carbocycles. The lowest BCUT2D eigenvalue weighted by molar-refractivity contribution is 0.0537. The van der Waals surface area contributed by atoms with E-state index in [2.05, 4.69) is 19.6 Å². The highest BCUT2D eigenvalue weighted by atomic mass is 16.3. The zero-order chi connectivity index (χ0) is 15.1. The fraction of sp³-hybridized carbons (Fsp3) is 0.125. The number of imidazole rings is 1. The molecule has 1 aliphatic rings. The van der Waals surface area contributed by atoms with Gasteiger partial charge in [-0.1, -0.05) is 24.3 Å². The van der Waals surface area contributed by atoms with Gasteiger partial charge < -0.3 is 15.2 Å². The molecule has 6 nitrogen and oxygen atoms in total. The third-order valence-corrected chi connectivity index (χ3v) is 3.60. The number of benzene rings is 2. The fourth-order valence-electron chi connectivity index (χ4n) is 2.46. The van der Waals surface area contributed by atoms with E-state index in [1.807, 2.05) is 48.5 Å². The first-order chi connectivity index (χ1) is 10.7. The number of para-hydroxylation sites is 4. The number of hydrogen-bond donors (Lipinski definition) is 3. The molecule has 0 saturated heterocycles. The van der Waals surface area contributed by atoms with Gasteiger partial charge in [0.05, 0.1) is 11.0 Å². The Hall–Kier alpha value is -2.79. The van der Waals surface area contributed by atoms with Gasteiger partial charge in [-0.3, -0.25) is 0 Å². The molecule has 6 heteroatoms. The maximum Gasteiger partial charge on any atom is 0.423 e. The molecule has 0 spiro atoms. The van der Waals surface area contributed by atoms with Crippen molar-refractivity contribution in [3.8, 4) is 0 Å². The van der Waals surface area contributed by atoms with Crippen LogP contribution in [0.1, 0.15) is 11.9 Å². The third kappa shape index (κ3) is 2.03. The lowest BCUT2D eigenvalue weighted by atomic mass is 10.2. The van der Waals surface area contributed by atoms with Crippen molar-refractivity contribution in [3.05, 3.63) is 65.1 Å². The topological polar surface area (TPSA) is 95.6 Å². The number of amidine groups is 1. The van der Waals surface area contributed by atoms with E-state index < -0.39 is 12.2 Å². The average molecular weight is 293 g/mol. The summed E-state index contributed by atoms with van der Waals surface area (Å²) in [5, 5.41) is 22.1. The van der Waals surface area contributed by atoms with E-state index in [0.717, 1.165) is 11.0 Å². The van der Waals surface area contributed by atoms with Gasteiger partial charge in [-0.2, -0.15) is 4.67 Å². The first kappa shape index (κ1) is 12.9. The van der Waals surface area contributed by atoms with Crippen molar-refractivity contribution in [3.63, 3.8) is 0 Å². The summed E-state index contributed by atoms with van der Waals surface area (Å²) in [5.41, 5.74) is 1.54. The second-order valence-electron chi connectivity index (χ2n) is 5.10. The predicted molar refractivity (Wildman–Crippen MR) is 80.5 cm³/mol. The predicted octanol–water partition coefficient (Wildman–Crippen LogP) is -0.624. The Balaban J connectivity index is 1.71. The molecule has 0 saturated carbocycles. The first-order valence-electron chi connectivity index (χ1n) is 6.92. The highest BCUT2D eigenvalue weighted by molar-refractivity contribution is 5.87. The van der Waals surface area contributed by atoms with Gasteiger partial charge in [0.1, 0.15) is 5.82 Å². The summed E-state index contributed by atoms with van der Waals surface area (Å²) in [5.74, 6) is 0.483. The van der Waals surface area contributed by atoms with Crippen LogP contribution in [-0.2, 0) is 0 Å². The Labute approximate surface area is 124 Å². The number of nitrogens with zero attached hydrogens (tertiary/aromatic N) is 3. The zero-order valence-electron chi connectivity index (χ0n) is 11.5. The van der Waals surface area contributed by atoms with Crippen molar-refractivity contribution < 1.29 is 10.2 Å². The summed E-state index contributed by atoms with van der Waals surface area (Å²) in [7, 11) is 0. The highest BCUT2D eigenvalue weighted by Crippen LogP contribution is 2.19. The van der Waals surface area contributed by atoms with Gasteiger partial charge >= 0.3 is 5.84 Å². The fourth-order valence-corrected chi connectivity index (χ4v) is 2.46. The minimum absolute atomic E-state index is 0.189. The Morgan fingerprint density at radius 3 is 2.55 bits per heavy atom. The minimum atomic E-state index is -1.24. The Kier molecular flexibility index (Phi) is 2.87. The quantitative estimate of drug-likeness (QED) is 0.561. The van der Waals surface area contributed by atoms with E-state index >= 15 is 0 Å². The number of aromatic amines is 1. The van der Waals surface area contributed by atoms with Crippen LogP contribution in [0.25, 0.3) is 11.0 Å². The Morgan fingerprint density at radius 2 is 1.73 bits per heavy atom. The van der Waals surface area contributed by atoms with Gasteiger partial charge in [0.15, 0.2) is 6.10 Å². The SMILES string of the molecule is OC(C1=[N+]=c2ccccc2=N1)C(O)c1nc2ccccc2[nH]1. The van der Waals surface area contributed by atoms with Crippen LogP contribution in [0.2, 0.25) is 0 Å². The number of aromatic nitrogens is 2. The average Bonchev–Trinajstić information content (AvgIpc) is 3.16. The van der Waals surface area contributed by atoms with E-state index in [1.165, 1.54) is 0 Å². The number of aliphatic hydroxyl groups excluding tert-OH is 2. The van der Waals surface area contributed by atoms with Crippen molar-refractivity contribution in [1.29, 1.82) is 0 Å². The summed E-state index contributed by atoms with van der Waals surface area (Å²) in [6, 6.07) is 14.8. The number of hydrogen-bond acceptors (Lipinski definition) is 4. The van der Waals surface area contributed by atoms with Crippen LogP contribution in [0, 0.1) is 0 Å². The van der Waals surface area contributed by atoms with Crippen LogP contribution >= 0.6 is 0 Å². The normalized spacial score (nSPS) is 15.6. The van der Waals surface area contributed by atoms with E-state index in [9.17, 15) is 10.2 Å². The standard InChI is InChI=1S/C16H13N4O2/c21-13(15-17-9-5-1-2-6-10(9)18-15)14(22)16-19-11-7-3-4-8-12(11)20-16/h1-8,13-14,21-22H,(H,17,18)/q+1. The molecule has 2 unspecified atom stereocenters. The molecular formula is C16H13N4O2+. The Bertz CT molecular complexity index is 985. The largest absolute Gasteiger partial charge is 0.423 e. The molecule has 1 aliphatic heterocycles. The molecule has 3 aromatic rings. The smallest absolute Gasteiger partial charge is 0.382 e. The molecular weight excluding hydrogens is 280 g/mol. The molecule has 3 N–H and O–H groups in total. The van der Waals surface area contributed by atoms with Crippen molar-refractivity contribution in [2.75, 3.05) is 0 Å². The van der Waals surface area contributed by atoms with E-state index in [-0.39, 0.29) is 5.84 Å². The van der Waals surface area contributed by atoms with Gasteiger partial charge in [0.25, 0.3) is 5.36 Å². The second kappa shape index (κ2) is 4.89. The summed E-state index contributed by atoms with van der Waals surface area (Å²) in [6.45, 7) is 0. The van der Waals surface area contributed by atoms with Gasteiger partial charge in [-0.15, -0.1) is 0 Å². The molecule has 108 valence electrons. The number of H-pyrrole nitrogens is 1. The summed E-state index contributed by atoms with van der Waals surface area (Å²) in [6.07, 6.45) is -2.46. The first-order valence-corrected chi connectivity index (χ1v) is 6.92. The number of rotatable bonds is 3. The maximum absolute atomic E-state index is 10.3. The lowest BCUT2D eigenvalue weighted by Gasteiger charge is -2.08. The van der Waals surface area contributed by atoms with Crippen molar-refractivity contribution >= 4 is 16.9 Å². The van der Waals surface area contributed by atoms with Crippen LogP contribution in [0.3, 0.4) is 0 Å². The monoisotopic (exact) mass is 293 g/mol. The molecule has 0 fully saturated rings. The maximum atomic E-state index is 10.3. The third-order valence-electron chi connectivity index (χ3n) is 3.60. The molecule has 4 rings (SSSR count). The number of nitrogens with one attached hydrogen (secondary N) is 1. The van der Waals surface area contributed by atoms with Crippen LogP contribution in [0.4, 0.5) is 0 Å². The minimum Gasteiger partial charge on any atom is -0.382 e. The van der Waals surface area contributed by atoms with Crippen molar-refractivity contribution in [2.24, 2.45) is 4.99 Å². The molecule has 22 heavy (non-hydrogen) atoms. The van der Waals surface area contributed by atoms with Gasteiger partial charge in [-0.25, -0.2) is 4.98 Å². The van der Waals surface area contributed by atoms with E-state index in [4.69, 9.17) is 0 Å². The van der Waals surface area contributed by atoms with Crippen molar-refractivity contribution in [1.82, 2.24) is 14.6 Å². The van der Waals surface area contributed by atoms with Crippen LogP contribution < -0.4 is 15.4 Å². The zero-order valence-corrected chi connectivity index (χ0v) is 11.5. The van der Waals surface area contributed by atoms with Crippen molar-refractivity contribution in [2.45, 2.75) is 12.2 Å². The molecule has 0 amide bonds. The van der Waals surface area contributed by atoms with E-state index in [0.29, 0.717) is 16.5 Å². The molecule has 0 bridgehead atoms. The summed E-state index contributed by atoms with van der Waals surface area (Å²) < 4.78 is 4.25. The van der Waals surface area contributed by atoms with Gasteiger partial charge in [0, 0.05) is 6.07 Å². The van der Waals surface area contributed by atoms with Crippen LogP contribution in [0.15, 0.2) is 53.5 Å².